The molecule has 0 atom stereocenters. The number of nitrogens with zero attached hydrogens (tertiary/aromatic N) is 3. The Labute approximate surface area is 235 Å². The summed E-state index contributed by atoms with van der Waals surface area (Å²) in [6, 6.07) is 20.7. The molecule has 10 heteroatoms. The molecule has 5 rings (SSSR count). The fourth-order valence-corrected chi connectivity index (χ4v) is 6.42. The maximum Gasteiger partial charge on any atom is 0.264 e. The highest BCUT2D eigenvalue weighted by Gasteiger charge is 2.22. The topological polar surface area (TPSA) is 103 Å². The number of halogens is 1. The van der Waals surface area contributed by atoms with Crippen molar-refractivity contribution in [1.82, 2.24) is 14.8 Å². The van der Waals surface area contributed by atoms with E-state index < -0.39 is 10.0 Å². The molecule has 3 aromatic carbocycles. The molecule has 1 saturated heterocycles. The lowest BCUT2D eigenvalue weighted by Gasteiger charge is -2.22. The molecule has 1 amide bonds. The number of carbonyl (C=O) groups is 1. The molecule has 38 heavy (non-hydrogen) atoms. The molecule has 0 unspecified atom stereocenters. The third-order valence-electron chi connectivity index (χ3n) is 6.58. The zero-order chi connectivity index (χ0) is 26.7. The van der Waals surface area contributed by atoms with Crippen LogP contribution in [0.1, 0.15) is 22.3 Å². The van der Waals surface area contributed by atoms with Crippen LogP contribution < -0.4 is 4.72 Å². The van der Waals surface area contributed by atoms with E-state index in [4.69, 9.17) is 0 Å². The molecule has 1 fully saturated rings. The molecule has 0 bridgehead atoms. The van der Waals surface area contributed by atoms with Crippen molar-refractivity contribution in [3.8, 4) is 5.75 Å². The summed E-state index contributed by atoms with van der Waals surface area (Å²) >= 11 is 2.23. The molecule has 0 radical (unpaired) electrons. The summed E-state index contributed by atoms with van der Waals surface area (Å²) < 4.78 is 29.8. The molecule has 1 aliphatic heterocycles. The van der Waals surface area contributed by atoms with Crippen molar-refractivity contribution in [3.63, 3.8) is 0 Å². The lowest BCUT2D eigenvalue weighted by atomic mass is 10.2. The van der Waals surface area contributed by atoms with Crippen LogP contribution in [0.2, 0.25) is 0 Å². The van der Waals surface area contributed by atoms with E-state index in [-0.39, 0.29) is 16.6 Å². The van der Waals surface area contributed by atoms with Gasteiger partial charge in [-0.2, -0.15) is 0 Å². The van der Waals surface area contributed by atoms with Crippen LogP contribution in [-0.4, -0.2) is 60.4 Å². The number of aromatic hydroxyl groups is 1. The van der Waals surface area contributed by atoms with Crippen LogP contribution in [0.3, 0.4) is 0 Å². The van der Waals surface area contributed by atoms with Crippen molar-refractivity contribution in [3.05, 3.63) is 93.7 Å². The number of hydrogen-bond acceptors (Lipinski definition) is 6. The highest BCUT2D eigenvalue weighted by molar-refractivity contribution is 14.1. The van der Waals surface area contributed by atoms with E-state index in [0.29, 0.717) is 42.9 Å². The van der Waals surface area contributed by atoms with Gasteiger partial charge in [-0.1, -0.05) is 18.2 Å². The van der Waals surface area contributed by atoms with Crippen LogP contribution in [0.15, 0.2) is 83.9 Å². The number of sulfonamides is 1. The molecule has 0 spiro atoms. The lowest BCUT2D eigenvalue weighted by Crippen LogP contribution is -2.35. The SMILES string of the molecule is O=C(c1ccc(NS(=O)(=O)c2cccc3cccnc23)cc1)N1CCCN(Cc2cc(I)ccc2O)CC1. The maximum absolute atomic E-state index is 13.2. The quantitative estimate of drug-likeness (QED) is 0.296. The number of amides is 1. The van der Waals surface area contributed by atoms with E-state index in [1.807, 2.05) is 29.2 Å². The fraction of sp³-hybridized carbons (Fsp3) is 0.214. The molecule has 1 aliphatic rings. The minimum atomic E-state index is -3.87. The monoisotopic (exact) mass is 642 g/mol. The first kappa shape index (κ1) is 26.4. The van der Waals surface area contributed by atoms with Gasteiger partial charge in [0.2, 0.25) is 0 Å². The average molecular weight is 643 g/mol. The first-order valence-electron chi connectivity index (χ1n) is 12.3. The summed E-state index contributed by atoms with van der Waals surface area (Å²) in [5, 5.41) is 10.9. The van der Waals surface area contributed by atoms with Crippen LogP contribution in [0.25, 0.3) is 10.9 Å². The van der Waals surface area contributed by atoms with Gasteiger partial charge in [-0.05, 0) is 83.6 Å². The Kier molecular flexibility index (Phi) is 7.82. The van der Waals surface area contributed by atoms with E-state index in [1.165, 1.54) is 6.07 Å². The first-order valence-corrected chi connectivity index (χ1v) is 14.8. The molecule has 2 N–H and O–H groups in total. The number of phenolic OH excluding ortho intramolecular Hbond substituents is 1. The number of phenols is 1. The van der Waals surface area contributed by atoms with Crippen molar-refractivity contribution < 1.29 is 18.3 Å². The van der Waals surface area contributed by atoms with Gasteiger partial charge in [0, 0.05) is 64.7 Å². The van der Waals surface area contributed by atoms with Crippen LogP contribution in [0.5, 0.6) is 5.75 Å². The van der Waals surface area contributed by atoms with E-state index in [2.05, 4.69) is 37.2 Å². The Morgan fingerprint density at radius 1 is 0.974 bits per heavy atom. The number of carbonyl (C=O) groups excluding carboxylic acids is 1. The number of rotatable bonds is 6. The number of anilines is 1. The Morgan fingerprint density at radius 2 is 1.76 bits per heavy atom. The van der Waals surface area contributed by atoms with Crippen molar-refractivity contribution in [1.29, 1.82) is 0 Å². The molecule has 8 nitrogen and oxygen atoms in total. The van der Waals surface area contributed by atoms with Gasteiger partial charge in [0.1, 0.15) is 10.6 Å². The molecular formula is C28H27IN4O4S. The lowest BCUT2D eigenvalue weighted by molar-refractivity contribution is 0.0761. The first-order chi connectivity index (χ1) is 18.3. The second kappa shape index (κ2) is 11.3. The van der Waals surface area contributed by atoms with E-state index in [0.717, 1.165) is 27.5 Å². The number of benzene rings is 3. The number of fused-ring (bicyclic) bond motifs is 1. The summed E-state index contributed by atoms with van der Waals surface area (Å²) in [7, 11) is -3.87. The predicted octanol–water partition coefficient (Wildman–Crippen LogP) is 4.69. The third kappa shape index (κ3) is 5.92. The summed E-state index contributed by atoms with van der Waals surface area (Å²) in [5.74, 6) is 0.201. The van der Waals surface area contributed by atoms with Gasteiger partial charge in [0.05, 0.1) is 5.52 Å². The van der Waals surface area contributed by atoms with E-state index >= 15 is 0 Å². The van der Waals surface area contributed by atoms with Crippen molar-refractivity contribution >= 4 is 55.1 Å². The van der Waals surface area contributed by atoms with Gasteiger partial charge < -0.3 is 10.0 Å². The molecule has 1 aromatic heterocycles. The summed E-state index contributed by atoms with van der Waals surface area (Å²) in [6.45, 7) is 3.37. The van der Waals surface area contributed by atoms with Crippen molar-refractivity contribution in [2.75, 3.05) is 30.9 Å². The van der Waals surface area contributed by atoms with Gasteiger partial charge in [-0.3, -0.25) is 19.4 Å². The zero-order valence-electron chi connectivity index (χ0n) is 20.5. The zero-order valence-corrected chi connectivity index (χ0v) is 23.5. The van der Waals surface area contributed by atoms with Gasteiger partial charge in [-0.25, -0.2) is 8.42 Å². The Morgan fingerprint density at radius 3 is 2.58 bits per heavy atom. The highest BCUT2D eigenvalue weighted by Crippen LogP contribution is 2.25. The van der Waals surface area contributed by atoms with E-state index in [1.54, 1.807) is 48.7 Å². The number of pyridine rings is 1. The number of para-hydroxylation sites is 1. The Balaban J connectivity index is 1.23. The minimum absolute atomic E-state index is 0.0865. The molecule has 4 aromatic rings. The van der Waals surface area contributed by atoms with Crippen LogP contribution in [0, 0.1) is 3.57 Å². The molecule has 196 valence electrons. The van der Waals surface area contributed by atoms with Crippen LogP contribution in [0.4, 0.5) is 5.69 Å². The second-order valence-corrected chi connectivity index (χ2v) is 12.1. The predicted molar refractivity (Wildman–Crippen MR) is 156 cm³/mol. The summed E-state index contributed by atoms with van der Waals surface area (Å²) in [4.78, 5) is 21.6. The van der Waals surface area contributed by atoms with Gasteiger partial charge >= 0.3 is 0 Å². The van der Waals surface area contributed by atoms with Crippen LogP contribution >= 0.6 is 22.6 Å². The normalized spacial score (nSPS) is 14.8. The standard InChI is InChI=1S/C28H27IN4O4S/c29-23-9-12-25(34)22(18-23)19-32-14-3-15-33(17-16-32)28(35)21-7-10-24(11-8-21)31-38(36,37)26-6-1-4-20-5-2-13-30-27(20)26/h1-2,4-13,18,31,34H,3,14-17,19H2. The van der Waals surface area contributed by atoms with Crippen molar-refractivity contribution in [2.45, 2.75) is 17.9 Å². The van der Waals surface area contributed by atoms with Crippen molar-refractivity contribution in [2.24, 2.45) is 0 Å². The van der Waals surface area contributed by atoms with Crippen LogP contribution in [-0.2, 0) is 16.6 Å². The molecule has 0 aliphatic carbocycles. The molecular weight excluding hydrogens is 615 g/mol. The third-order valence-corrected chi connectivity index (χ3v) is 8.66. The Hall–Kier alpha value is -3.22. The van der Waals surface area contributed by atoms with Gasteiger partial charge in [0.25, 0.3) is 15.9 Å². The van der Waals surface area contributed by atoms with E-state index in [9.17, 15) is 18.3 Å². The smallest absolute Gasteiger partial charge is 0.264 e. The minimum Gasteiger partial charge on any atom is -0.508 e. The Bertz CT molecular complexity index is 1570. The number of nitrogens with one attached hydrogen (secondary N) is 1. The average Bonchev–Trinajstić information content (AvgIpc) is 3.16. The van der Waals surface area contributed by atoms with Gasteiger partial charge in [0.15, 0.2) is 0 Å². The molecule has 2 heterocycles. The maximum atomic E-state index is 13.2. The number of hydrogen-bond donors (Lipinski definition) is 2. The van der Waals surface area contributed by atoms with Gasteiger partial charge in [-0.15, -0.1) is 0 Å². The fourth-order valence-electron chi connectivity index (χ4n) is 4.62. The highest BCUT2D eigenvalue weighted by atomic mass is 127. The largest absolute Gasteiger partial charge is 0.508 e. The molecule has 0 saturated carbocycles. The second-order valence-electron chi connectivity index (χ2n) is 9.21. The summed E-state index contributed by atoms with van der Waals surface area (Å²) in [5.41, 5.74) is 2.16. The summed E-state index contributed by atoms with van der Waals surface area (Å²) in [6.07, 6.45) is 2.39. The number of aromatic nitrogens is 1.